The average molecular weight is 509 g/mol. The lowest BCUT2D eigenvalue weighted by molar-refractivity contribution is 0.482. The molecule has 0 unspecified atom stereocenters. The Morgan fingerprint density at radius 1 is 0.971 bits per heavy atom. The van der Waals surface area contributed by atoms with E-state index in [0.29, 0.717) is 55.7 Å². The minimum atomic E-state index is 0.329. The molecule has 1 fully saturated rings. The van der Waals surface area contributed by atoms with E-state index in [4.69, 9.17) is 32.9 Å². The van der Waals surface area contributed by atoms with Crippen LogP contribution in [0.4, 0.5) is 17.5 Å². The molecule has 176 valence electrons. The summed E-state index contributed by atoms with van der Waals surface area (Å²) in [5.74, 6) is 2.03. The third-order valence-electron chi connectivity index (χ3n) is 5.50. The highest BCUT2D eigenvalue weighted by Gasteiger charge is 2.17. The third-order valence-corrected chi connectivity index (χ3v) is 6.06. The number of hydrogen-bond acceptors (Lipinski definition) is 10. The Labute approximate surface area is 209 Å². The molecule has 5 aromatic rings. The van der Waals surface area contributed by atoms with Crippen molar-refractivity contribution in [3.63, 3.8) is 0 Å². The molecule has 35 heavy (non-hydrogen) atoms. The molecule has 0 atom stereocenters. The van der Waals surface area contributed by atoms with Crippen molar-refractivity contribution in [2.75, 3.05) is 36.4 Å². The Morgan fingerprint density at radius 3 is 2.63 bits per heavy atom. The van der Waals surface area contributed by atoms with Gasteiger partial charge in [0.25, 0.3) is 0 Å². The number of nitrogens with one attached hydrogen (secondary N) is 2. The van der Waals surface area contributed by atoms with Crippen LogP contribution in [0.2, 0.25) is 10.0 Å². The van der Waals surface area contributed by atoms with Crippen LogP contribution in [0.25, 0.3) is 16.7 Å². The first kappa shape index (κ1) is 21.7. The summed E-state index contributed by atoms with van der Waals surface area (Å²) in [6, 6.07) is 6.92. The first-order valence-electron chi connectivity index (χ1n) is 10.8. The predicted molar refractivity (Wildman–Crippen MR) is 133 cm³/mol. The van der Waals surface area contributed by atoms with Crippen LogP contribution in [0.5, 0.6) is 11.5 Å². The van der Waals surface area contributed by atoms with E-state index in [9.17, 15) is 0 Å². The zero-order valence-corrected chi connectivity index (χ0v) is 19.7. The van der Waals surface area contributed by atoms with E-state index in [1.807, 2.05) is 0 Å². The number of benzene rings is 1. The molecule has 11 nitrogen and oxygen atoms in total. The lowest BCUT2D eigenvalue weighted by Crippen LogP contribution is -2.44. The van der Waals surface area contributed by atoms with E-state index in [-0.39, 0.29) is 0 Å². The summed E-state index contributed by atoms with van der Waals surface area (Å²) < 4.78 is 7.58. The minimum Gasteiger partial charge on any atom is -0.454 e. The number of aromatic nitrogens is 7. The molecule has 0 aliphatic carbocycles. The van der Waals surface area contributed by atoms with Gasteiger partial charge in [-0.15, -0.1) is 0 Å². The van der Waals surface area contributed by atoms with Gasteiger partial charge in [-0.1, -0.05) is 23.2 Å². The summed E-state index contributed by atoms with van der Waals surface area (Å²) in [6.07, 6.45) is 6.37. The van der Waals surface area contributed by atoms with Gasteiger partial charge in [-0.2, -0.15) is 5.10 Å². The smallest absolute Gasteiger partial charge is 0.226 e. The van der Waals surface area contributed by atoms with Crippen LogP contribution < -0.4 is 20.3 Å². The van der Waals surface area contributed by atoms with Crippen molar-refractivity contribution in [3.8, 4) is 11.5 Å². The number of piperazine rings is 1. The maximum absolute atomic E-state index is 6.54. The largest absolute Gasteiger partial charge is 0.454 e. The summed E-state index contributed by atoms with van der Waals surface area (Å²) >= 11 is 13.1. The van der Waals surface area contributed by atoms with Gasteiger partial charge < -0.3 is 20.3 Å². The molecule has 1 aliphatic rings. The van der Waals surface area contributed by atoms with Gasteiger partial charge in [-0.05, 0) is 18.2 Å². The highest BCUT2D eigenvalue weighted by Crippen LogP contribution is 2.39. The molecule has 5 heterocycles. The fourth-order valence-corrected chi connectivity index (χ4v) is 4.36. The topological polar surface area (TPSA) is 118 Å². The number of hydrogen-bond donors (Lipinski definition) is 2. The summed E-state index contributed by atoms with van der Waals surface area (Å²) in [4.78, 5) is 24.2. The van der Waals surface area contributed by atoms with E-state index in [1.54, 1.807) is 41.2 Å². The maximum atomic E-state index is 6.54. The van der Waals surface area contributed by atoms with Crippen molar-refractivity contribution >= 4 is 57.3 Å². The fourth-order valence-electron chi connectivity index (χ4n) is 3.80. The van der Waals surface area contributed by atoms with Crippen LogP contribution in [-0.4, -0.2) is 60.7 Å². The molecule has 4 aromatic heterocycles. The first-order chi connectivity index (χ1) is 17.1. The lowest BCUT2D eigenvalue weighted by Gasteiger charge is -2.27. The van der Waals surface area contributed by atoms with E-state index in [0.717, 1.165) is 26.2 Å². The Balaban J connectivity index is 1.29. The maximum Gasteiger partial charge on any atom is 0.226 e. The van der Waals surface area contributed by atoms with Crippen molar-refractivity contribution < 1.29 is 4.74 Å². The van der Waals surface area contributed by atoms with Crippen molar-refractivity contribution in [2.24, 2.45) is 0 Å². The Kier molecular flexibility index (Phi) is 5.64. The summed E-state index contributed by atoms with van der Waals surface area (Å²) in [5.41, 5.74) is 2.50. The SMILES string of the molecule is Clc1cc(Nc2ncnc3cnc(N4CCNCC4)nc23)cc(Cl)c1Oc1ccn2ncnc2c1. The standard InChI is InChI=1S/C22H18Cl2N10O/c23-15-7-13(8-16(24)20(15)35-14-1-4-34-18(9-14)28-12-30-34)31-21-19-17(27-11-29-21)10-26-22(32-19)33-5-2-25-3-6-33/h1,4,7-12,25H,2-3,5-6H2,(H,27,29,31). The zero-order chi connectivity index (χ0) is 23.8. The number of pyridine rings is 1. The van der Waals surface area contributed by atoms with Gasteiger partial charge in [0.05, 0.1) is 16.2 Å². The molecule has 1 aliphatic heterocycles. The number of ether oxygens (including phenoxy) is 1. The number of halogens is 2. The van der Waals surface area contributed by atoms with Crippen molar-refractivity contribution in [1.29, 1.82) is 0 Å². The Bertz CT molecular complexity index is 1510. The zero-order valence-electron chi connectivity index (χ0n) is 18.2. The molecule has 6 rings (SSSR count). The molecule has 0 radical (unpaired) electrons. The molecule has 0 spiro atoms. The summed E-state index contributed by atoms with van der Waals surface area (Å²) in [7, 11) is 0. The molecule has 1 saturated heterocycles. The summed E-state index contributed by atoms with van der Waals surface area (Å²) in [6.45, 7) is 3.43. The average Bonchev–Trinajstić information content (AvgIpc) is 3.35. The van der Waals surface area contributed by atoms with Crippen LogP contribution in [0.3, 0.4) is 0 Å². The van der Waals surface area contributed by atoms with Gasteiger partial charge in [-0.3, -0.25) is 0 Å². The van der Waals surface area contributed by atoms with Crippen molar-refractivity contribution in [2.45, 2.75) is 0 Å². The van der Waals surface area contributed by atoms with Crippen LogP contribution in [0.15, 0.2) is 49.3 Å². The van der Waals surface area contributed by atoms with Gasteiger partial charge in [-0.25, -0.2) is 29.4 Å². The lowest BCUT2D eigenvalue weighted by atomic mass is 10.3. The van der Waals surface area contributed by atoms with Gasteiger partial charge in [0.2, 0.25) is 5.95 Å². The molecule has 0 bridgehead atoms. The quantitative estimate of drug-likeness (QED) is 0.363. The normalized spacial score (nSPS) is 13.9. The van der Waals surface area contributed by atoms with Crippen LogP contribution in [0.1, 0.15) is 0 Å². The first-order valence-corrected chi connectivity index (χ1v) is 11.6. The Morgan fingerprint density at radius 2 is 1.80 bits per heavy atom. The molecular formula is C22H18Cl2N10O. The third kappa shape index (κ3) is 4.36. The van der Waals surface area contributed by atoms with E-state index in [2.05, 4.69) is 40.6 Å². The fraction of sp³-hybridized carbons (Fsp3) is 0.182. The summed E-state index contributed by atoms with van der Waals surface area (Å²) in [5, 5.41) is 11.3. The van der Waals surface area contributed by atoms with Crippen LogP contribution in [0, 0.1) is 0 Å². The highest BCUT2D eigenvalue weighted by molar-refractivity contribution is 6.37. The molecule has 1 aromatic carbocycles. The van der Waals surface area contributed by atoms with Crippen molar-refractivity contribution in [1.82, 2.24) is 39.9 Å². The molecule has 2 N–H and O–H groups in total. The molecular weight excluding hydrogens is 491 g/mol. The second kappa shape index (κ2) is 9.10. The van der Waals surface area contributed by atoms with Crippen molar-refractivity contribution in [3.05, 3.63) is 59.4 Å². The van der Waals surface area contributed by atoms with E-state index < -0.39 is 0 Å². The molecule has 0 saturated carbocycles. The number of rotatable bonds is 5. The van der Waals surface area contributed by atoms with Crippen LogP contribution in [-0.2, 0) is 0 Å². The number of fused-ring (bicyclic) bond motifs is 2. The second-order valence-corrected chi connectivity index (χ2v) is 8.60. The second-order valence-electron chi connectivity index (χ2n) is 7.78. The van der Waals surface area contributed by atoms with Gasteiger partial charge in [0.15, 0.2) is 17.2 Å². The molecule has 13 heteroatoms. The van der Waals surface area contributed by atoms with E-state index in [1.165, 1.54) is 12.7 Å². The van der Waals surface area contributed by atoms with Crippen LogP contribution >= 0.6 is 23.2 Å². The Hall–Kier alpha value is -3.80. The highest BCUT2D eigenvalue weighted by atomic mass is 35.5. The number of nitrogens with zero attached hydrogens (tertiary/aromatic N) is 8. The van der Waals surface area contributed by atoms with E-state index >= 15 is 0 Å². The predicted octanol–water partition coefficient (Wildman–Crippen LogP) is 3.71. The van der Waals surface area contributed by atoms with Gasteiger partial charge >= 0.3 is 0 Å². The minimum absolute atomic E-state index is 0.329. The van der Waals surface area contributed by atoms with Gasteiger partial charge in [0.1, 0.15) is 29.4 Å². The van der Waals surface area contributed by atoms with Gasteiger partial charge in [0, 0.05) is 44.1 Å². The monoisotopic (exact) mass is 508 g/mol. The molecule has 0 amide bonds. The number of anilines is 3.